The van der Waals surface area contributed by atoms with E-state index in [2.05, 4.69) is 15.5 Å². The number of nitrogens with one attached hydrogen (secondary N) is 2. The average molecular weight is 416 g/mol. The number of carbonyl (C=O) groups excluding carboxylic acids is 1. The van der Waals surface area contributed by atoms with Crippen LogP contribution in [0.1, 0.15) is 28.8 Å². The second kappa shape index (κ2) is 11.1. The lowest BCUT2D eigenvalue weighted by Gasteiger charge is -2.33. The Kier molecular flexibility index (Phi) is 8.19. The molecule has 6 nitrogen and oxygen atoms in total. The van der Waals surface area contributed by atoms with Gasteiger partial charge >= 0.3 is 0 Å². The lowest BCUT2D eigenvalue weighted by molar-refractivity contribution is 0.0913. The molecule has 1 unspecified atom stereocenters. The molecule has 2 aromatic carbocycles. The van der Waals surface area contributed by atoms with Gasteiger partial charge in [0.2, 0.25) is 0 Å². The van der Waals surface area contributed by atoms with Crippen LogP contribution in [0.4, 0.5) is 4.39 Å². The molecule has 1 aliphatic heterocycles. The van der Waals surface area contributed by atoms with Gasteiger partial charge in [-0.3, -0.25) is 9.69 Å². The van der Waals surface area contributed by atoms with Crippen molar-refractivity contribution in [2.45, 2.75) is 31.5 Å². The lowest BCUT2D eigenvalue weighted by Crippen LogP contribution is -2.45. The maximum Gasteiger partial charge on any atom is 0.254 e. The molecule has 7 heteroatoms. The third kappa shape index (κ3) is 6.52. The quantitative estimate of drug-likeness (QED) is 0.586. The molecule has 0 aromatic heterocycles. The van der Waals surface area contributed by atoms with Crippen molar-refractivity contribution in [1.82, 2.24) is 15.5 Å². The number of aliphatic hydroxyl groups excluding tert-OH is 1. The minimum Gasteiger partial charge on any atom is -0.490 e. The number of benzene rings is 2. The van der Waals surface area contributed by atoms with E-state index < -0.39 is 6.10 Å². The van der Waals surface area contributed by atoms with Gasteiger partial charge in [-0.1, -0.05) is 24.3 Å². The zero-order valence-corrected chi connectivity index (χ0v) is 17.3. The highest BCUT2D eigenvalue weighted by atomic mass is 19.1. The molecule has 1 atom stereocenters. The number of halogens is 1. The summed E-state index contributed by atoms with van der Waals surface area (Å²) in [6.07, 6.45) is 1.32. The van der Waals surface area contributed by atoms with Crippen LogP contribution < -0.4 is 15.4 Å². The normalized spacial score (nSPS) is 16.2. The predicted molar refractivity (Wildman–Crippen MR) is 114 cm³/mol. The molecular formula is C23H30FN3O3. The molecule has 2 aromatic rings. The van der Waals surface area contributed by atoms with Crippen molar-refractivity contribution in [3.63, 3.8) is 0 Å². The minimum atomic E-state index is -0.667. The van der Waals surface area contributed by atoms with Gasteiger partial charge in [0.25, 0.3) is 5.91 Å². The van der Waals surface area contributed by atoms with Crippen LogP contribution in [0.25, 0.3) is 0 Å². The van der Waals surface area contributed by atoms with Crippen LogP contribution in [0, 0.1) is 5.82 Å². The summed E-state index contributed by atoms with van der Waals surface area (Å²) in [5, 5.41) is 16.3. The second-order valence-electron chi connectivity index (χ2n) is 7.63. The summed E-state index contributed by atoms with van der Waals surface area (Å²) in [6, 6.07) is 14.0. The molecule has 0 saturated carbocycles. The molecule has 3 N–H and O–H groups in total. The fourth-order valence-corrected chi connectivity index (χ4v) is 3.61. The van der Waals surface area contributed by atoms with Gasteiger partial charge in [0.15, 0.2) is 0 Å². The fraction of sp³-hybridized carbons (Fsp3) is 0.435. The van der Waals surface area contributed by atoms with E-state index in [-0.39, 0.29) is 18.3 Å². The van der Waals surface area contributed by atoms with Crippen LogP contribution in [0.3, 0.4) is 0 Å². The molecule has 0 bridgehead atoms. The molecule has 1 aliphatic rings. The molecule has 0 spiro atoms. The van der Waals surface area contributed by atoms with Crippen molar-refractivity contribution in [2.24, 2.45) is 0 Å². The molecule has 0 radical (unpaired) electrons. The molecule has 3 rings (SSSR count). The number of carbonyl (C=O) groups is 1. The Hall–Kier alpha value is -2.48. The van der Waals surface area contributed by atoms with Crippen molar-refractivity contribution in [2.75, 3.05) is 33.3 Å². The number of para-hydroxylation sites is 1. The van der Waals surface area contributed by atoms with E-state index >= 15 is 0 Å². The number of aliphatic hydroxyl groups is 1. The Morgan fingerprint density at radius 2 is 1.90 bits per heavy atom. The largest absolute Gasteiger partial charge is 0.490 e. The Morgan fingerprint density at radius 1 is 1.20 bits per heavy atom. The standard InChI is InChI=1S/C23H30FN3O3/c1-25-23(29)21-4-2-3-5-22(21)30-16-20(28)14-26-19-10-12-27(13-11-19)15-17-6-8-18(24)9-7-17/h2-9,19-20,26,28H,10-16H2,1H3,(H,25,29). The first-order valence-electron chi connectivity index (χ1n) is 10.4. The third-order valence-corrected chi connectivity index (χ3v) is 5.34. The second-order valence-corrected chi connectivity index (χ2v) is 7.63. The monoisotopic (exact) mass is 415 g/mol. The molecule has 0 aliphatic carbocycles. The number of amides is 1. The zero-order chi connectivity index (χ0) is 21.3. The molecular weight excluding hydrogens is 385 g/mol. The SMILES string of the molecule is CNC(=O)c1ccccc1OCC(O)CNC1CCN(Cc2ccc(F)cc2)CC1. The minimum absolute atomic E-state index is 0.115. The van der Waals surface area contributed by atoms with Gasteiger partial charge in [0, 0.05) is 26.2 Å². The molecule has 30 heavy (non-hydrogen) atoms. The van der Waals surface area contributed by atoms with E-state index in [0.29, 0.717) is 23.9 Å². The van der Waals surface area contributed by atoms with Gasteiger partial charge in [0.05, 0.1) is 5.56 Å². The molecule has 1 fully saturated rings. The number of rotatable bonds is 9. The van der Waals surface area contributed by atoms with Crippen molar-refractivity contribution in [1.29, 1.82) is 0 Å². The first-order chi connectivity index (χ1) is 14.5. The van der Waals surface area contributed by atoms with Crippen molar-refractivity contribution >= 4 is 5.91 Å². The summed E-state index contributed by atoms with van der Waals surface area (Å²) in [6.45, 7) is 3.30. The number of likely N-dealkylation sites (tertiary alicyclic amines) is 1. The molecule has 1 saturated heterocycles. The number of hydrogen-bond donors (Lipinski definition) is 3. The van der Waals surface area contributed by atoms with E-state index in [4.69, 9.17) is 4.74 Å². The Bertz CT molecular complexity index is 808. The van der Waals surface area contributed by atoms with Gasteiger partial charge in [0.1, 0.15) is 24.3 Å². The smallest absolute Gasteiger partial charge is 0.254 e. The summed E-state index contributed by atoms with van der Waals surface area (Å²) in [5.74, 6) is 0.0388. The van der Waals surface area contributed by atoms with E-state index in [1.54, 1.807) is 31.3 Å². The first kappa shape index (κ1) is 22.2. The van der Waals surface area contributed by atoms with Crippen LogP contribution >= 0.6 is 0 Å². The summed E-state index contributed by atoms with van der Waals surface area (Å²) in [7, 11) is 1.57. The van der Waals surface area contributed by atoms with Crippen LogP contribution in [-0.4, -0.2) is 61.3 Å². The topological polar surface area (TPSA) is 73.8 Å². The molecule has 1 heterocycles. The number of hydrogen-bond acceptors (Lipinski definition) is 5. The van der Waals surface area contributed by atoms with E-state index in [1.807, 2.05) is 12.1 Å². The number of ether oxygens (including phenoxy) is 1. The first-order valence-corrected chi connectivity index (χ1v) is 10.4. The van der Waals surface area contributed by atoms with Crippen LogP contribution in [0.2, 0.25) is 0 Å². The fourth-order valence-electron chi connectivity index (χ4n) is 3.61. The summed E-state index contributed by atoms with van der Waals surface area (Å²) >= 11 is 0. The lowest BCUT2D eigenvalue weighted by atomic mass is 10.0. The molecule has 1 amide bonds. The number of piperidine rings is 1. The van der Waals surface area contributed by atoms with E-state index in [9.17, 15) is 14.3 Å². The summed E-state index contributed by atoms with van der Waals surface area (Å²) < 4.78 is 18.7. The van der Waals surface area contributed by atoms with Crippen molar-refractivity contribution < 1.29 is 19.0 Å². The van der Waals surface area contributed by atoms with Gasteiger partial charge in [-0.2, -0.15) is 0 Å². The summed E-state index contributed by atoms with van der Waals surface area (Å²) in [5.41, 5.74) is 1.57. The summed E-state index contributed by atoms with van der Waals surface area (Å²) in [4.78, 5) is 14.2. The maximum absolute atomic E-state index is 13.0. The van der Waals surface area contributed by atoms with E-state index in [0.717, 1.165) is 38.0 Å². The van der Waals surface area contributed by atoms with Gasteiger partial charge < -0.3 is 20.5 Å². The Morgan fingerprint density at radius 3 is 2.60 bits per heavy atom. The average Bonchev–Trinajstić information content (AvgIpc) is 2.78. The predicted octanol–water partition coefficient (Wildman–Crippen LogP) is 2.18. The van der Waals surface area contributed by atoms with Gasteiger partial charge in [-0.15, -0.1) is 0 Å². The maximum atomic E-state index is 13.0. The highest BCUT2D eigenvalue weighted by molar-refractivity contribution is 5.96. The Labute approximate surface area is 177 Å². The zero-order valence-electron chi connectivity index (χ0n) is 17.3. The third-order valence-electron chi connectivity index (χ3n) is 5.34. The van der Waals surface area contributed by atoms with Crippen LogP contribution in [0.15, 0.2) is 48.5 Å². The van der Waals surface area contributed by atoms with Gasteiger partial charge in [-0.25, -0.2) is 4.39 Å². The van der Waals surface area contributed by atoms with Gasteiger partial charge in [-0.05, 0) is 55.8 Å². The van der Waals surface area contributed by atoms with Crippen molar-refractivity contribution in [3.05, 3.63) is 65.5 Å². The van der Waals surface area contributed by atoms with Crippen molar-refractivity contribution in [3.8, 4) is 5.75 Å². The molecule has 162 valence electrons. The highest BCUT2D eigenvalue weighted by Gasteiger charge is 2.20. The number of nitrogens with zero attached hydrogens (tertiary/aromatic N) is 1. The van der Waals surface area contributed by atoms with Crippen LogP contribution in [0.5, 0.6) is 5.75 Å². The highest BCUT2D eigenvalue weighted by Crippen LogP contribution is 2.18. The van der Waals surface area contributed by atoms with E-state index in [1.165, 1.54) is 12.1 Å². The van der Waals surface area contributed by atoms with Crippen LogP contribution in [-0.2, 0) is 6.54 Å². The Balaban J connectivity index is 1.36.